The van der Waals surface area contributed by atoms with Crippen molar-refractivity contribution >= 4 is 28.6 Å². The molecular weight excluding hydrogens is 380 g/mol. The monoisotopic (exact) mass is 410 g/mol. The Labute approximate surface area is 177 Å². The van der Waals surface area contributed by atoms with E-state index in [-0.39, 0.29) is 17.8 Å². The maximum atomic E-state index is 13.4. The smallest absolute Gasteiger partial charge is 0.240 e. The lowest BCUT2D eigenvalue weighted by Crippen LogP contribution is -2.34. The molecule has 3 aromatic rings. The zero-order valence-corrected chi connectivity index (χ0v) is 18.5. The first-order valence-electron chi connectivity index (χ1n) is 10.5. The average Bonchev–Trinajstić information content (AvgIpc) is 3.10. The molecule has 0 fully saturated rings. The van der Waals surface area contributed by atoms with Gasteiger partial charge in [-0.1, -0.05) is 50.2 Å². The minimum atomic E-state index is -0.264. The molecule has 1 aliphatic rings. The second kappa shape index (κ2) is 9.51. The summed E-state index contributed by atoms with van der Waals surface area (Å²) >= 11 is 1.65. The van der Waals surface area contributed by atoms with Crippen LogP contribution in [0.2, 0.25) is 0 Å². The second-order valence-corrected chi connectivity index (χ2v) is 7.81. The predicted octanol–water partition coefficient (Wildman–Crippen LogP) is 5.34. The Kier molecular flexibility index (Phi) is 7.04. The number of fused-ring (bicyclic) bond motifs is 5. The van der Waals surface area contributed by atoms with Crippen LogP contribution in [0.4, 0.5) is 0 Å². The highest BCUT2D eigenvalue weighted by molar-refractivity contribution is 8.00. The normalized spacial score (nSPS) is 14.6. The van der Waals surface area contributed by atoms with Crippen molar-refractivity contribution in [3.05, 3.63) is 54.1 Å². The summed E-state index contributed by atoms with van der Waals surface area (Å²) in [5.41, 5.74) is 4.38. The number of aliphatic hydroxyl groups is 1. The number of aromatic nitrogens is 1. The fourth-order valence-electron chi connectivity index (χ4n) is 4.04. The lowest BCUT2D eigenvalue weighted by Gasteiger charge is -2.29. The lowest BCUT2D eigenvalue weighted by atomic mass is 10.0. The maximum absolute atomic E-state index is 13.4. The third kappa shape index (κ3) is 3.69. The van der Waals surface area contributed by atoms with Crippen molar-refractivity contribution in [1.82, 2.24) is 9.47 Å². The van der Waals surface area contributed by atoms with Gasteiger partial charge in [0.25, 0.3) is 0 Å². The number of nitrogens with zero attached hydrogens (tertiary/aromatic N) is 2. The number of carbonyl (C=O) groups is 1. The summed E-state index contributed by atoms with van der Waals surface area (Å²) in [7, 11) is 0. The van der Waals surface area contributed by atoms with Gasteiger partial charge in [0, 0.05) is 46.6 Å². The fraction of sp³-hybridized carbons (Fsp3) is 0.375. The van der Waals surface area contributed by atoms with Gasteiger partial charge < -0.3 is 14.6 Å². The Morgan fingerprint density at radius 2 is 1.72 bits per heavy atom. The number of aliphatic hydroxyl groups excluding tert-OH is 1. The molecule has 5 heteroatoms. The number of carbonyl (C=O) groups excluding carboxylic acids is 1. The van der Waals surface area contributed by atoms with E-state index < -0.39 is 0 Å². The number of benzene rings is 2. The lowest BCUT2D eigenvalue weighted by molar-refractivity contribution is -0.130. The van der Waals surface area contributed by atoms with Gasteiger partial charge in [0.05, 0.1) is 12.3 Å². The third-order valence-electron chi connectivity index (χ3n) is 5.28. The molecule has 4 nitrogen and oxygen atoms in total. The standard InChI is InChI=1S/C22H24N2O2S.C2H6/c1-3-23(4-2)22(26)21-19-15-9-5-7-11-17(15)24(13-14-25)20(19)16-10-6-8-12-18(16)27-21;1-2/h5-12,21,25H,3-4,13-14H2,1-2H3;1-2H3. The Morgan fingerprint density at radius 3 is 2.41 bits per heavy atom. The maximum Gasteiger partial charge on any atom is 0.240 e. The molecule has 0 bridgehead atoms. The summed E-state index contributed by atoms with van der Waals surface area (Å²) in [5.74, 6) is 0.160. The van der Waals surface area contributed by atoms with E-state index >= 15 is 0 Å². The van der Waals surface area contributed by atoms with E-state index in [1.807, 2.05) is 56.9 Å². The highest BCUT2D eigenvalue weighted by Gasteiger charge is 2.36. The van der Waals surface area contributed by atoms with Crippen LogP contribution in [0.3, 0.4) is 0 Å². The van der Waals surface area contributed by atoms with E-state index in [1.165, 1.54) is 0 Å². The predicted molar refractivity (Wildman–Crippen MR) is 122 cm³/mol. The number of hydrogen-bond acceptors (Lipinski definition) is 3. The van der Waals surface area contributed by atoms with Crippen LogP contribution in [0.5, 0.6) is 0 Å². The van der Waals surface area contributed by atoms with Crippen molar-refractivity contribution < 1.29 is 9.90 Å². The quantitative estimate of drug-likeness (QED) is 0.617. The van der Waals surface area contributed by atoms with Crippen LogP contribution >= 0.6 is 11.8 Å². The van der Waals surface area contributed by atoms with E-state index in [9.17, 15) is 9.90 Å². The van der Waals surface area contributed by atoms with Gasteiger partial charge in [0.15, 0.2) is 0 Å². The molecule has 4 rings (SSSR count). The van der Waals surface area contributed by atoms with Gasteiger partial charge in [-0.2, -0.15) is 0 Å². The van der Waals surface area contributed by atoms with Crippen LogP contribution in [0.1, 0.15) is 38.5 Å². The second-order valence-electron chi connectivity index (χ2n) is 6.66. The molecule has 154 valence electrons. The number of para-hydroxylation sites is 1. The molecule has 1 atom stereocenters. The van der Waals surface area contributed by atoms with Gasteiger partial charge in [-0.25, -0.2) is 0 Å². The minimum Gasteiger partial charge on any atom is -0.395 e. The van der Waals surface area contributed by atoms with Crippen LogP contribution in [-0.4, -0.2) is 40.2 Å². The average molecular weight is 411 g/mol. The third-order valence-corrected chi connectivity index (χ3v) is 6.57. The van der Waals surface area contributed by atoms with Crippen molar-refractivity contribution in [2.45, 2.75) is 44.4 Å². The number of amides is 1. The molecule has 0 radical (unpaired) electrons. The first-order valence-corrected chi connectivity index (χ1v) is 11.4. The molecule has 0 aliphatic carbocycles. The SMILES string of the molecule is CC.CCN(CC)C(=O)C1Sc2ccccc2-c2c1c1ccccc1n2CCO. The van der Waals surface area contributed by atoms with Gasteiger partial charge >= 0.3 is 0 Å². The van der Waals surface area contributed by atoms with E-state index in [1.54, 1.807) is 11.8 Å². The molecule has 2 heterocycles. The van der Waals surface area contributed by atoms with E-state index in [2.05, 4.69) is 28.8 Å². The summed E-state index contributed by atoms with van der Waals surface area (Å²) in [6, 6.07) is 16.5. The number of hydrogen-bond donors (Lipinski definition) is 1. The van der Waals surface area contributed by atoms with Crippen molar-refractivity contribution in [3.8, 4) is 11.3 Å². The highest BCUT2D eigenvalue weighted by atomic mass is 32.2. The van der Waals surface area contributed by atoms with Crippen LogP contribution < -0.4 is 0 Å². The molecule has 0 saturated carbocycles. The Hall–Kier alpha value is -2.24. The molecule has 0 spiro atoms. The van der Waals surface area contributed by atoms with Crippen LogP contribution in [0.15, 0.2) is 53.4 Å². The van der Waals surface area contributed by atoms with Gasteiger partial charge in [-0.15, -0.1) is 11.8 Å². The number of thioether (sulfide) groups is 1. The summed E-state index contributed by atoms with van der Waals surface area (Å²) in [4.78, 5) is 16.4. The van der Waals surface area contributed by atoms with Crippen LogP contribution in [-0.2, 0) is 11.3 Å². The topological polar surface area (TPSA) is 45.5 Å². The van der Waals surface area contributed by atoms with Crippen molar-refractivity contribution in [3.63, 3.8) is 0 Å². The van der Waals surface area contributed by atoms with Crippen molar-refractivity contribution in [2.75, 3.05) is 19.7 Å². The highest BCUT2D eigenvalue weighted by Crippen LogP contribution is 2.53. The molecule has 1 amide bonds. The van der Waals surface area contributed by atoms with E-state index in [4.69, 9.17) is 0 Å². The summed E-state index contributed by atoms with van der Waals surface area (Å²) in [6.07, 6.45) is 0. The van der Waals surface area contributed by atoms with Gasteiger partial charge in [-0.05, 0) is 26.0 Å². The van der Waals surface area contributed by atoms with Crippen LogP contribution in [0.25, 0.3) is 22.2 Å². The molecule has 1 N–H and O–H groups in total. The molecule has 29 heavy (non-hydrogen) atoms. The van der Waals surface area contributed by atoms with E-state index in [0.717, 1.165) is 32.6 Å². The fourth-order valence-corrected chi connectivity index (χ4v) is 5.35. The minimum absolute atomic E-state index is 0.0646. The summed E-state index contributed by atoms with van der Waals surface area (Å²) in [6.45, 7) is 10.0. The molecule has 1 aromatic heterocycles. The first kappa shape index (κ1) is 21.5. The molecule has 1 aliphatic heterocycles. The van der Waals surface area contributed by atoms with Crippen molar-refractivity contribution in [1.29, 1.82) is 0 Å². The Morgan fingerprint density at radius 1 is 1.07 bits per heavy atom. The first-order chi connectivity index (χ1) is 14.2. The summed E-state index contributed by atoms with van der Waals surface area (Å²) in [5, 5.41) is 10.5. The zero-order chi connectivity index (χ0) is 21.0. The number of rotatable bonds is 5. The summed E-state index contributed by atoms with van der Waals surface area (Å²) < 4.78 is 2.17. The van der Waals surface area contributed by atoms with Gasteiger partial charge in [0.1, 0.15) is 5.25 Å². The Bertz CT molecular complexity index is 992. The van der Waals surface area contributed by atoms with Gasteiger partial charge in [-0.3, -0.25) is 4.79 Å². The largest absolute Gasteiger partial charge is 0.395 e. The molecule has 1 unspecified atom stereocenters. The molecule has 0 saturated heterocycles. The Balaban J connectivity index is 0.00000117. The van der Waals surface area contributed by atoms with Crippen LogP contribution in [0, 0.1) is 0 Å². The van der Waals surface area contributed by atoms with E-state index in [0.29, 0.717) is 19.6 Å². The molecule has 2 aromatic carbocycles. The molecular formula is C24H30N2O2S. The number of likely N-dealkylation sites (N-methyl/N-ethyl adjacent to an activating group) is 1. The van der Waals surface area contributed by atoms with Gasteiger partial charge in [0.2, 0.25) is 5.91 Å². The van der Waals surface area contributed by atoms with Crippen molar-refractivity contribution in [2.24, 2.45) is 0 Å². The zero-order valence-electron chi connectivity index (χ0n) is 17.7.